The molecule has 16 heavy (non-hydrogen) atoms. The first kappa shape index (κ1) is 15.8. The highest BCUT2D eigenvalue weighted by atomic mass is 16.7. The zero-order valence-corrected chi connectivity index (χ0v) is 11.0. The molecule has 0 saturated carbocycles. The van der Waals surface area contributed by atoms with Gasteiger partial charge in [0, 0.05) is 32.9 Å². The van der Waals surface area contributed by atoms with Crippen LogP contribution in [0.2, 0.25) is 0 Å². The largest absolute Gasteiger partial charge is 0.380 e. The van der Waals surface area contributed by atoms with E-state index in [4.69, 9.17) is 14.2 Å². The summed E-state index contributed by atoms with van der Waals surface area (Å²) in [6.07, 6.45) is 2.19. The van der Waals surface area contributed by atoms with Crippen LogP contribution in [0, 0.1) is 0 Å². The van der Waals surface area contributed by atoms with Crippen LogP contribution in [0.4, 0.5) is 0 Å². The van der Waals surface area contributed by atoms with Gasteiger partial charge in [-0.25, -0.2) is 0 Å². The van der Waals surface area contributed by atoms with Crippen molar-refractivity contribution in [1.82, 2.24) is 5.32 Å². The van der Waals surface area contributed by atoms with E-state index in [1.165, 1.54) is 6.42 Å². The smallest absolute Gasteiger partial charge is 0.169 e. The summed E-state index contributed by atoms with van der Waals surface area (Å²) in [5, 5.41) is 3.26. The van der Waals surface area contributed by atoms with E-state index >= 15 is 0 Å². The Kier molecular flexibility index (Phi) is 12.8. The SMILES string of the molecule is CCCCOCCNCC(OCC)OCC. The van der Waals surface area contributed by atoms with E-state index in [1.807, 2.05) is 13.8 Å². The van der Waals surface area contributed by atoms with Gasteiger partial charge in [-0.3, -0.25) is 0 Å². The molecule has 0 aliphatic carbocycles. The summed E-state index contributed by atoms with van der Waals surface area (Å²) in [7, 11) is 0. The van der Waals surface area contributed by atoms with Crippen LogP contribution >= 0.6 is 0 Å². The Morgan fingerprint density at radius 2 is 1.69 bits per heavy atom. The molecule has 0 atom stereocenters. The van der Waals surface area contributed by atoms with Gasteiger partial charge in [0.25, 0.3) is 0 Å². The van der Waals surface area contributed by atoms with Gasteiger partial charge in [0.15, 0.2) is 6.29 Å². The van der Waals surface area contributed by atoms with Gasteiger partial charge in [0.1, 0.15) is 0 Å². The first-order valence-corrected chi connectivity index (χ1v) is 6.36. The molecule has 0 heterocycles. The van der Waals surface area contributed by atoms with Gasteiger partial charge in [-0.15, -0.1) is 0 Å². The van der Waals surface area contributed by atoms with Crippen molar-refractivity contribution >= 4 is 0 Å². The maximum absolute atomic E-state index is 5.43. The Morgan fingerprint density at radius 3 is 2.25 bits per heavy atom. The minimum absolute atomic E-state index is 0.134. The molecule has 0 aliphatic rings. The number of rotatable bonds is 12. The molecular weight excluding hydrogens is 206 g/mol. The normalized spacial score (nSPS) is 11.2. The Morgan fingerprint density at radius 1 is 1.00 bits per heavy atom. The van der Waals surface area contributed by atoms with E-state index in [0.29, 0.717) is 13.2 Å². The third kappa shape index (κ3) is 10.4. The second-order valence-electron chi connectivity index (χ2n) is 3.51. The van der Waals surface area contributed by atoms with Gasteiger partial charge in [-0.1, -0.05) is 13.3 Å². The molecule has 4 heteroatoms. The lowest BCUT2D eigenvalue weighted by Crippen LogP contribution is -2.33. The van der Waals surface area contributed by atoms with Crippen LogP contribution in [0.3, 0.4) is 0 Å². The van der Waals surface area contributed by atoms with Crippen LogP contribution in [0.15, 0.2) is 0 Å². The van der Waals surface area contributed by atoms with Gasteiger partial charge < -0.3 is 19.5 Å². The van der Waals surface area contributed by atoms with Gasteiger partial charge in [-0.05, 0) is 20.3 Å². The van der Waals surface area contributed by atoms with Gasteiger partial charge in [-0.2, -0.15) is 0 Å². The number of nitrogens with one attached hydrogen (secondary N) is 1. The Labute approximate surface area is 99.6 Å². The third-order valence-corrected chi connectivity index (χ3v) is 2.08. The number of ether oxygens (including phenoxy) is 3. The molecule has 0 aromatic heterocycles. The molecule has 0 aliphatic heterocycles. The van der Waals surface area contributed by atoms with E-state index in [-0.39, 0.29) is 6.29 Å². The summed E-state index contributed by atoms with van der Waals surface area (Å²) in [6.45, 7) is 10.7. The second-order valence-corrected chi connectivity index (χ2v) is 3.51. The molecule has 0 spiro atoms. The van der Waals surface area contributed by atoms with Gasteiger partial charge >= 0.3 is 0 Å². The van der Waals surface area contributed by atoms with Crippen LogP contribution in [0.5, 0.6) is 0 Å². The molecule has 1 N–H and O–H groups in total. The average molecular weight is 233 g/mol. The van der Waals surface area contributed by atoms with Crippen molar-refractivity contribution < 1.29 is 14.2 Å². The second kappa shape index (κ2) is 12.9. The fourth-order valence-electron chi connectivity index (χ4n) is 1.25. The highest BCUT2D eigenvalue weighted by molar-refractivity contribution is 4.51. The van der Waals surface area contributed by atoms with Crippen molar-refractivity contribution in [2.45, 2.75) is 39.9 Å². The maximum atomic E-state index is 5.43. The van der Waals surface area contributed by atoms with Crippen molar-refractivity contribution in [2.75, 3.05) is 39.5 Å². The number of hydrogen-bond acceptors (Lipinski definition) is 4. The van der Waals surface area contributed by atoms with Crippen LogP contribution in [-0.2, 0) is 14.2 Å². The average Bonchev–Trinajstić information content (AvgIpc) is 2.28. The number of hydrogen-bond donors (Lipinski definition) is 1. The summed E-state index contributed by atoms with van der Waals surface area (Å²) in [5.74, 6) is 0. The molecule has 98 valence electrons. The lowest BCUT2D eigenvalue weighted by Gasteiger charge is -2.17. The van der Waals surface area contributed by atoms with E-state index < -0.39 is 0 Å². The Bertz CT molecular complexity index is 127. The molecule has 0 aromatic carbocycles. The first-order chi connectivity index (χ1) is 7.85. The highest BCUT2D eigenvalue weighted by Crippen LogP contribution is 1.93. The summed E-state index contributed by atoms with van der Waals surface area (Å²) in [4.78, 5) is 0. The molecular formula is C12H27NO3. The molecule has 0 bridgehead atoms. The maximum Gasteiger partial charge on any atom is 0.169 e. The van der Waals surface area contributed by atoms with Gasteiger partial charge in [0.2, 0.25) is 0 Å². The van der Waals surface area contributed by atoms with E-state index in [2.05, 4.69) is 12.2 Å². The summed E-state index contributed by atoms with van der Waals surface area (Å²) >= 11 is 0. The zero-order chi connectivity index (χ0) is 12.1. The van der Waals surface area contributed by atoms with Crippen LogP contribution < -0.4 is 5.32 Å². The van der Waals surface area contributed by atoms with Crippen molar-refractivity contribution in [1.29, 1.82) is 0 Å². The van der Waals surface area contributed by atoms with E-state index in [0.717, 1.165) is 32.7 Å². The van der Waals surface area contributed by atoms with E-state index in [9.17, 15) is 0 Å². The zero-order valence-electron chi connectivity index (χ0n) is 11.0. The minimum atomic E-state index is -0.134. The quantitative estimate of drug-likeness (QED) is 0.412. The van der Waals surface area contributed by atoms with Crippen LogP contribution in [-0.4, -0.2) is 45.8 Å². The molecule has 0 aromatic rings. The minimum Gasteiger partial charge on any atom is -0.380 e. The topological polar surface area (TPSA) is 39.7 Å². The van der Waals surface area contributed by atoms with Crippen molar-refractivity contribution in [3.63, 3.8) is 0 Å². The Hall–Kier alpha value is -0.160. The van der Waals surface area contributed by atoms with Gasteiger partial charge in [0.05, 0.1) is 6.61 Å². The molecule has 0 fully saturated rings. The monoisotopic (exact) mass is 233 g/mol. The lowest BCUT2D eigenvalue weighted by molar-refractivity contribution is -0.133. The highest BCUT2D eigenvalue weighted by Gasteiger charge is 2.05. The molecule has 0 amide bonds. The van der Waals surface area contributed by atoms with Crippen molar-refractivity contribution in [3.05, 3.63) is 0 Å². The van der Waals surface area contributed by atoms with Crippen molar-refractivity contribution in [3.8, 4) is 0 Å². The lowest BCUT2D eigenvalue weighted by atomic mass is 10.4. The standard InChI is InChI=1S/C12H27NO3/c1-4-7-9-14-10-8-13-11-12(15-5-2)16-6-3/h12-13H,4-11H2,1-3H3. The Balaban J connectivity index is 3.25. The molecule has 4 nitrogen and oxygen atoms in total. The van der Waals surface area contributed by atoms with E-state index in [1.54, 1.807) is 0 Å². The number of unbranched alkanes of at least 4 members (excludes halogenated alkanes) is 1. The third-order valence-electron chi connectivity index (χ3n) is 2.08. The molecule has 0 radical (unpaired) electrons. The summed E-state index contributed by atoms with van der Waals surface area (Å²) in [6, 6.07) is 0. The predicted molar refractivity (Wildman–Crippen MR) is 65.6 cm³/mol. The fraction of sp³-hybridized carbons (Fsp3) is 1.00. The van der Waals surface area contributed by atoms with Crippen molar-refractivity contribution in [2.24, 2.45) is 0 Å². The fourth-order valence-corrected chi connectivity index (χ4v) is 1.25. The van der Waals surface area contributed by atoms with Crippen LogP contribution in [0.25, 0.3) is 0 Å². The molecule has 0 rings (SSSR count). The summed E-state index contributed by atoms with van der Waals surface area (Å²) < 4.78 is 16.2. The first-order valence-electron chi connectivity index (χ1n) is 6.36. The molecule has 0 saturated heterocycles. The summed E-state index contributed by atoms with van der Waals surface area (Å²) in [5.41, 5.74) is 0. The predicted octanol–water partition coefficient (Wildman–Crippen LogP) is 1.79. The molecule has 0 unspecified atom stereocenters. The van der Waals surface area contributed by atoms with Crippen LogP contribution in [0.1, 0.15) is 33.6 Å².